The van der Waals surface area contributed by atoms with E-state index in [0.29, 0.717) is 19.1 Å². The van der Waals surface area contributed by atoms with Crippen LogP contribution in [0.25, 0.3) is 0 Å². The highest BCUT2D eigenvalue weighted by Gasteiger charge is 2.25. The predicted molar refractivity (Wildman–Crippen MR) is 69.6 cm³/mol. The molecule has 0 amide bonds. The molecule has 1 atom stereocenters. The molecule has 6 nitrogen and oxygen atoms in total. The van der Waals surface area contributed by atoms with E-state index in [-0.39, 0.29) is 6.04 Å². The zero-order valence-electron chi connectivity index (χ0n) is 10.8. The summed E-state index contributed by atoms with van der Waals surface area (Å²) in [6.07, 6.45) is 4.71. The quantitative estimate of drug-likeness (QED) is 0.836. The van der Waals surface area contributed by atoms with E-state index in [0.717, 1.165) is 18.5 Å². The first-order chi connectivity index (χ1) is 8.47. The van der Waals surface area contributed by atoms with Crippen molar-refractivity contribution in [1.29, 1.82) is 0 Å². The Morgan fingerprint density at radius 1 is 1.50 bits per heavy atom. The monoisotopic (exact) mass is 272 g/mol. The number of aromatic nitrogens is 2. The second-order valence-electron chi connectivity index (χ2n) is 4.84. The Hall–Kier alpha value is -0.920. The minimum Gasteiger partial charge on any atom is -0.306 e. The molecule has 1 aliphatic heterocycles. The van der Waals surface area contributed by atoms with Crippen LogP contribution >= 0.6 is 0 Å². The molecule has 2 heterocycles. The van der Waals surface area contributed by atoms with Crippen LogP contribution < -0.4 is 5.32 Å². The largest absolute Gasteiger partial charge is 0.306 e. The molecular formula is C11H20N4O2S. The van der Waals surface area contributed by atoms with Gasteiger partial charge in [0, 0.05) is 31.4 Å². The lowest BCUT2D eigenvalue weighted by Gasteiger charge is -2.32. The molecule has 0 aromatic carbocycles. The number of aromatic amines is 1. The van der Waals surface area contributed by atoms with Gasteiger partial charge in [-0.3, -0.25) is 5.10 Å². The third-order valence-electron chi connectivity index (χ3n) is 3.40. The van der Waals surface area contributed by atoms with Crippen LogP contribution in [0.4, 0.5) is 0 Å². The summed E-state index contributed by atoms with van der Waals surface area (Å²) in [6, 6.07) is 2.52. The van der Waals surface area contributed by atoms with Crippen LogP contribution in [0.2, 0.25) is 0 Å². The van der Waals surface area contributed by atoms with Crippen LogP contribution in [0.1, 0.15) is 31.5 Å². The van der Waals surface area contributed by atoms with Gasteiger partial charge < -0.3 is 5.32 Å². The number of nitrogens with zero attached hydrogens (tertiary/aromatic N) is 2. The molecule has 1 saturated heterocycles. The van der Waals surface area contributed by atoms with Gasteiger partial charge in [-0.05, 0) is 25.8 Å². The van der Waals surface area contributed by atoms with Gasteiger partial charge in [-0.1, -0.05) is 0 Å². The molecule has 1 fully saturated rings. The van der Waals surface area contributed by atoms with Crippen molar-refractivity contribution in [3.8, 4) is 0 Å². The predicted octanol–water partition coefficient (Wildman–Crippen LogP) is 0.484. The lowest BCUT2D eigenvalue weighted by molar-refractivity contribution is 0.277. The Bertz CT molecular complexity index is 463. The van der Waals surface area contributed by atoms with Crippen molar-refractivity contribution in [2.75, 3.05) is 19.3 Å². The number of hydrogen-bond acceptors (Lipinski definition) is 4. The Morgan fingerprint density at radius 2 is 2.17 bits per heavy atom. The first-order valence-electron chi connectivity index (χ1n) is 6.17. The highest BCUT2D eigenvalue weighted by Crippen LogP contribution is 2.17. The summed E-state index contributed by atoms with van der Waals surface area (Å²) in [4.78, 5) is 0. The number of H-pyrrole nitrogens is 1. The van der Waals surface area contributed by atoms with Crippen molar-refractivity contribution in [2.24, 2.45) is 0 Å². The van der Waals surface area contributed by atoms with Crippen LogP contribution in [0.15, 0.2) is 12.3 Å². The molecule has 0 bridgehead atoms. The minimum atomic E-state index is -3.03. The van der Waals surface area contributed by atoms with E-state index in [1.807, 2.05) is 6.07 Å². The number of sulfonamides is 1. The maximum atomic E-state index is 11.4. The van der Waals surface area contributed by atoms with E-state index < -0.39 is 10.0 Å². The molecular weight excluding hydrogens is 252 g/mol. The van der Waals surface area contributed by atoms with Crippen LogP contribution in [0.5, 0.6) is 0 Å². The van der Waals surface area contributed by atoms with Crippen molar-refractivity contribution in [2.45, 2.75) is 31.8 Å². The van der Waals surface area contributed by atoms with Gasteiger partial charge in [-0.25, -0.2) is 12.7 Å². The summed E-state index contributed by atoms with van der Waals surface area (Å²) in [6.45, 7) is 3.29. The molecule has 1 unspecified atom stereocenters. The van der Waals surface area contributed by atoms with Gasteiger partial charge >= 0.3 is 0 Å². The van der Waals surface area contributed by atoms with Gasteiger partial charge in [0.1, 0.15) is 0 Å². The molecule has 0 aliphatic carbocycles. The summed E-state index contributed by atoms with van der Waals surface area (Å²) in [5, 5.41) is 10.4. The first kappa shape index (κ1) is 13.5. The van der Waals surface area contributed by atoms with Crippen molar-refractivity contribution in [3.05, 3.63) is 18.0 Å². The zero-order chi connectivity index (χ0) is 13.2. The van der Waals surface area contributed by atoms with Gasteiger partial charge in [0.2, 0.25) is 10.0 Å². The van der Waals surface area contributed by atoms with Gasteiger partial charge in [0.25, 0.3) is 0 Å². The molecule has 2 N–H and O–H groups in total. The van der Waals surface area contributed by atoms with Gasteiger partial charge in [-0.2, -0.15) is 5.10 Å². The van der Waals surface area contributed by atoms with Gasteiger partial charge in [0.05, 0.1) is 11.9 Å². The molecule has 0 saturated carbocycles. The third kappa shape index (κ3) is 3.30. The normalized spacial score (nSPS) is 21.0. The third-order valence-corrected chi connectivity index (χ3v) is 4.70. The van der Waals surface area contributed by atoms with Crippen molar-refractivity contribution >= 4 is 10.0 Å². The second kappa shape index (κ2) is 5.38. The Labute approximate surface area is 108 Å². The number of nitrogens with one attached hydrogen (secondary N) is 2. The van der Waals surface area contributed by atoms with Crippen molar-refractivity contribution in [3.63, 3.8) is 0 Å². The highest BCUT2D eigenvalue weighted by molar-refractivity contribution is 7.88. The fourth-order valence-electron chi connectivity index (χ4n) is 2.31. The smallest absolute Gasteiger partial charge is 0.211 e. The second-order valence-corrected chi connectivity index (χ2v) is 6.82. The summed E-state index contributed by atoms with van der Waals surface area (Å²) < 4.78 is 24.3. The lowest BCUT2D eigenvalue weighted by atomic mass is 10.1. The molecule has 2 rings (SSSR count). The molecule has 1 aromatic heterocycles. The molecule has 1 aromatic rings. The average molecular weight is 272 g/mol. The van der Waals surface area contributed by atoms with Crippen LogP contribution in [0.3, 0.4) is 0 Å². The first-order valence-corrected chi connectivity index (χ1v) is 8.02. The Kier molecular flexibility index (Phi) is 4.04. The standard InChI is InChI=1S/C11H20N4O2S/c1-9(11-3-6-12-14-11)13-10-4-7-15(8-5-10)18(2,16)17/h3,6,9-10,13H,4-5,7-8H2,1-2H3,(H,12,14). The van der Waals surface area contributed by atoms with Crippen LogP contribution in [-0.2, 0) is 10.0 Å². The van der Waals surface area contributed by atoms with Crippen LogP contribution in [-0.4, -0.2) is 48.3 Å². The fourth-order valence-corrected chi connectivity index (χ4v) is 3.18. The van der Waals surface area contributed by atoms with Crippen molar-refractivity contribution < 1.29 is 8.42 Å². The van der Waals surface area contributed by atoms with Crippen molar-refractivity contribution in [1.82, 2.24) is 19.8 Å². The average Bonchev–Trinajstić information content (AvgIpc) is 2.82. The lowest BCUT2D eigenvalue weighted by Crippen LogP contribution is -2.45. The molecule has 0 radical (unpaired) electrons. The summed E-state index contributed by atoms with van der Waals surface area (Å²) >= 11 is 0. The molecule has 0 spiro atoms. The maximum Gasteiger partial charge on any atom is 0.211 e. The molecule has 1 aliphatic rings. The molecule has 18 heavy (non-hydrogen) atoms. The van der Waals surface area contributed by atoms with Gasteiger partial charge in [0.15, 0.2) is 0 Å². The summed E-state index contributed by atoms with van der Waals surface area (Å²) in [5.74, 6) is 0. The summed E-state index contributed by atoms with van der Waals surface area (Å²) in [7, 11) is -3.03. The van der Waals surface area contributed by atoms with E-state index in [1.165, 1.54) is 6.26 Å². The van der Waals surface area contributed by atoms with E-state index in [4.69, 9.17) is 0 Å². The minimum absolute atomic E-state index is 0.210. The molecule has 7 heteroatoms. The van der Waals surface area contributed by atoms with E-state index in [1.54, 1.807) is 10.5 Å². The maximum absolute atomic E-state index is 11.4. The van der Waals surface area contributed by atoms with E-state index in [9.17, 15) is 8.42 Å². The van der Waals surface area contributed by atoms with Gasteiger partial charge in [-0.15, -0.1) is 0 Å². The number of rotatable bonds is 4. The SMILES string of the molecule is CC(NC1CCN(S(C)(=O)=O)CC1)c1ccn[nH]1. The number of hydrogen-bond donors (Lipinski definition) is 2. The summed E-state index contributed by atoms with van der Waals surface area (Å²) in [5.41, 5.74) is 1.06. The zero-order valence-corrected chi connectivity index (χ0v) is 11.6. The topological polar surface area (TPSA) is 78.1 Å². The Balaban J connectivity index is 1.84. The fraction of sp³-hybridized carbons (Fsp3) is 0.727. The number of piperidine rings is 1. The molecule has 102 valence electrons. The highest BCUT2D eigenvalue weighted by atomic mass is 32.2. The van der Waals surface area contributed by atoms with E-state index in [2.05, 4.69) is 22.4 Å². The Morgan fingerprint density at radius 3 is 2.67 bits per heavy atom. The van der Waals surface area contributed by atoms with E-state index >= 15 is 0 Å². The van der Waals surface area contributed by atoms with Crippen LogP contribution in [0, 0.1) is 0 Å².